The molecular weight excluding hydrogens is 264 g/mol. The van der Waals surface area contributed by atoms with Gasteiger partial charge in [-0.05, 0) is 30.7 Å². The number of hydrogen-bond acceptors (Lipinski definition) is 3. The van der Waals surface area contributed by atoms with Gasteiger partial charge in [0.15, 0.2) is 0 Å². The second-order valence-corrected chi connectivity index (χ2v) is 5.79. The largest absolute Gasteiger partial charge is 0.329 e. The van der Waals surface area contributed by atoms with E-state index >= 15 is 0 Å². The lowest BCUT2D eigenvalue weighted by Crippen LogP contribution is -2.52. The van der Waals surface area contributed by atoms with Crippen molar-refractivity contribution in [3.05, 3.63) is 29.8 Å². The van der Waals surface area contributed by atoms with Crippen LogP contribution in [0.3, 0.4) is 0 Å². The Bertz CT molecular complexity index is 357. The second kappa shape index (κ2) is 8.05. The van der Waals surface area contributed by atoms with Gasteiger partial charge in [0, 0.05) is 23.5 Å². The van der Waals surface area contributed by atoms with E-state index in [1.54, 1.807) is 11.8 Å². The first-order valence-electron chi connectivity index (χ1n) is 6.10. The second-order valence-electron chi connectivity index (χ2n) is 4.94. The van der Waals surface area contributed by atoms with Gasteiger partial charge >= 0.3 is 0 Å². The number of halogens is 1. The summed E-state index contributed by atoms with van der Waals surface area (Å²) < 4.78 is 0. The third-order valence-electron chi connectivity index (χ3n) is 3.57. The van der Waals surface area contributed by atoms with E-state index in [2.05, 4.69) is 56.6 Å². The van der Waals surface area contributed by atoms with Gasteiger partial charge in [-0.1, -0.05) is 32.0 Å². The number of hydrogen-bond donors (Lipinski definition) is 2. The van der Waals surface area contributed by atoms with Gasteiger partial charge in [0.2, 0.25) is 0 Å². The van der Waals surface area contributed by atoms with Gasteiger partial charge in [-0.2, -0.15) is 0 Å². The van der Waals surface area contributed by atoms with Crippen LogP contribution in [-0.4, -0.2) is 18.3 Å². The normalized spacial score (nSPS) is 14.1. The minimum Gasteiger partial charge on any atom is -0.329 e. The van der Waals surface area contributed by atoms with Crippen molar-refractivity contribution in [1.82, 2.24) is 5.32 Å². The van der Waals surface area contributed by atoms with E-state index in [1.807, 2.05) is 0 Å². The zero-order valence-corrected chi connectivity index (χ0v) is 13.3. The van der Waals surface area contributed by atoms with Gasteiger partial charge in [-0.3, -0.25) is 0 Å². The maximum atomic E-state index is 5.87. The third kappa shape index (κ3) is 4.47. The molecule has 0 bridgehead atoms. The van der Waals surface area contributed by atoms with Gasteiger partial charge in [0.05, 0.1) is 0 Å². The molecule has 0 spiro atoms. The molecule has 104 valence electrons. The summed E-state index contributed by atoms with van der Waals surface area (Å²) in [7, 11) is 0. The van der Waals surface area contributed by atoms with E-state index in [4.69, 9.17) is 5.73 Å². The van der Waals surface area contributed by atoms with Crippen LogP contribution < -0.4 is 11.1 Å². The minimum atomic E-state index is 0. The molecule has 0 aliphatic carbocycles. The van der Waals surface area contributed by atoms with Crippen LogP contribution in [0.25, 0.3) is 0 Å². The van der Waals surface area contributed by atoms with Gasteiger partial charge in [-0.15, -0.1) is 24.2 Å². The quantitative estimate of drug-likeness (QED) is 0.789. The Balaban J connectivity index is 0.00000289. The average Bonchev–Trinajstić information content (AvgIpc) is 2.36. The molecule has 2 nitrogen and oxygen atoms in total. The van der Waals surface area contributed by atoms with Gasteiger partial charge < -0.3 is 11.1 Å². The molecule has 0 amide bonds. The van der Waals surface area contributed by atoms with Gasteiger partial charge in [-0.25, -0.2) is 0 Å². The molecule has 0 aliphatic heterocycles. The molecule has 1 atom stereocenters. The summed E-state index contributed by atoms with van der Waals surface area (Å²) in [4.78, 5) is 1.34. The standard InChI is InChI=1S/C14H24N2S.ClH/c1-11(2)14(3,10-15)16-9-12-7-5-6-8-13(12)17-4;/h5-8,11,16H,9-10,15H2,1-4H3;1H. The maximum Gasteiger partial charge on any atom is 0.0301 e. The Labute approximate surface area is 122 Å². The van der Waals surface area contributed by atoms with E-state index in [0.29, 0.717) is 12.5 Å². The number of rotatable bonds is 6. The smallest absolute Gasteiger partial charge is 0.0301 e. The number of nitrogens with two attached hydrogens (primary N) is 1. The zero-order valence-electron chi connectivity index (χ0n) is 11.7. The molecule has 0 aromatic heterocycles. The Morgan fingerprint density at radius 1 is 1.33 bits per heavy atom. The number of thioether (sulfide) groups is 1. The van der Waals surface area contributed by atoms with Crippen molar-refractivity contribution in [2.75, 3.05) is 12.8 Å². The molecule has 0 saturated carbocycles. The summed E-state index contributed by atoms with van der Waals surface area (Å²) in [5, 5.41) is 3.60. The molecule has 1 aromatic carbocycles. The SMILES string of the molecule is CSc1ccccc1CNC(C)(CN)C(C)C.Cl. The van der Waals surface area contributed by atoms with Gasteiger partial charge in [0.25, 0.3) is 0 Å². The first kappa shape index (κ1) is 17.8. The summed E-state index contributed by atoms with van der Waals surface area (Å²) in [5.74, 6) is 0.522. The molecule has 1 aromatic rings. The summed E-state index contributed by atoms with van der Waals surface area (Å²) in [5.41, 5.74) is 7.23. The van der Waals surface area contributed by atoms with Gasteiger partial charge in [0.1, 0.15) is 0 Å². The Morgan fingerprint density at radius 3 is 2.44 bits per heavy atom. The predicted molar refractivity (Wildman–Crippen MR) is 84.6 cm³/mol. The highest BCUT2D eigenvalue weighted by molar-refractivity contribution is 7.98. The van der Waals surface area contributed by atoms with Crippen LogP contribution in [0.1, 0.15) is 26.3 Å². The summed E-state index contributed by atoms with van der Waals surface area (Å²) in [6, 6.07) is 8.51. The van der Waals surface area contributed by atoms with Crippen molar-refractivity contribution in [2.45, 2.75) is 37.8 Å². The van der Waals surface area contributed by atoms with Crippen molar-refractivity contribution in [3.63, 3.8) is 0 Å². The molecule has 0 aliphatic rings. The van der Waals surface area contributed by atoms with Crippen LogP contribution in [0, 0.1) is 5.92 Å². The first-order chi connectivity index (χ1) is 8.03. The molecule has 4 heteroatoms. The fourth-order valence-corrected chi connectivity index (χ4v) is 2.28. The van der Waals surface area contributed by atoms with Crippen LogP contribution >= 0.6 is 24.2 Å². The van der Waals surface area contributed by atoms with E-state index in [1.165, 1.54) is 10.5 Å². The molecule has 0 saturated heterocycles. The van der Waals surface area contributed by atoms with Crippen molar-refractivity contribution in [3.8, 4) is 0 Å². The monoisotopic (exact) mass is 288 g/mol. The third-order valence-corrected chi connectivity index (χ3v) is 4.41. The highest BCUT2D eigenvalue weighted by Crippen LogP contribution is 2.21. The summed E-state index contributed by atoms with van der Waals surface area (Å²) in [6.45, 7) is 8.15. The fraction of sp³-hybridized carbons (Fsp3) is 0.571. The summed E-state index contributed by atoms with van der Waals surface area (Å²) in [6.07, 6.45) is 2.11. The topological polar surface area (TPSA) is 38.0 Å². The number of benzene rings is 1. The van der Waals surface area contributed by atoms with Crippen molar-refractivity contribution >= 4 is 24.2 Å². The van der Waals surface area contributed by atoms with Crippen LogP contribution in [0.2, 0.25) is 0 Å². The molecule has 0 heterocycles. The number of nitrogens with one attached hydrogen (secondary N) is 1. The molecule has 18 heavy (non-hydrogen) atoms. The van der Waals surface area contributed by atoms with Crippen LogP contribution in [0.15, 0.2) is 29.2 Å². The van der Waals surface area contributed by atoms with E-state index < -0.39 is 0 Å². The zero-order chi connectivity index (χ0) is 12.9. The first-order valence-corrected chi connectivity index (χ1v) is 7.33. The van der Waals surface area contributed by atoms with Crippen LogP contribution in [-0.2, 0) is 6.54 Å². The van der Waals surface area contributed by atoms with Crippen LogP contribution in [0.5, 0.6) is 0 Å². The Kier molecular flexibility index (Phi) is 7.95. The van der Waals surface area contributed by atoms with Crippen molar-refractivity contribution < 1.29 is 0 Å². The Hall–Kier alpha value is -0.220. The molecule has 0 radical (unpaired) electrons. The van der Waals surface area contributed by atoms with Crippen molar-refractivity contribution in [2.24, 2.45) is 11.7 Å². The summed E-state index contributed by atoms with van der Waals surface area (Å²) >= 11 is 1.79. The molecule has 3 N–H and O–H groups in total. The highest BCUT2D eigenvalue weighted by atomic mass is 35.5. The maximum absolute atomic E-state index is 5.87. The average molecular weight is 289 g/mol. The van der Waals surface area contributed by atoms with Crippen LogP contribution in [0.4, 0.5) is 0 Å². The van der Waals surface area contributed by atoms with E-state index in [0.717, 1.165) is 6.54 Å². The Morgan fingerprint density at radius 2 is 1.94 bits per heavy atom. The molecule has 0 fully saturated rings. The molecule has 1 unspecified atom stereocenters. The minimum absolute atomic E-state index is 0. The molecule has 1 rings (SSSR count). The fourth-order valence-electron chi connectivity index (χ4n) is 1.66. The lowest BCUT2D eigenvalue weighted by molar-refractivity contribution is 0.266. The van der Waals surface area contributed by atoms with Crippen molar-refractivity contribution in [1.29, 1.82) is 0 Å². The lowest BCUT2D eigenvalue weighted by Gasteiger charge is -2.34. The lowest BCUT2D eigenvalue weighted by atomic mass is 9.88. The highest BCUT2D eigenvalue weighted by Gasteiger charge is 2.25. The predicted octanol–water partition coefficient (Wildman–Crippen LogP) is 3.29. The van der Waals surface area contributed by atoms with E-state index in [-0.39, 0.29) is 17.9 Å². The van der Waals surface area contributed by atoms with E-state index in [9.17, 15) is 0 Å². The molecular formula is C14H25ClN2S.